The summed E-state index contributed by atoms with van der Waals surface area (Å²) in [4.78, 5) is 12.0. The van der Waals surface area contributed by atoms with Crippen LogP contribution in [-0.2, 0) is 4.79 Å². The van der Waals surface area contributed by atoms with Crippen LogP contribution in [0.1, 0.15) is 52.7 Å². The lowest BCUT2D eigenvalue weighted by molar-refractivity contribution is -0.129. The van der Waals surface area contributed by atoms with Gasteiger partial charge in [-0.3, -0.25) is 4.79 Å². The van der Waals surface area contributed by atoms with Gasteiger partial charge in [0.05, 0.1) is 6.10 Å². The first kappa shape index (κ1) is 17.4. The van der Waals surface area contributed by atoms with Crippen LogP contribution in [0.3, 0.4) is 0 Å². The number of aliphatic hydroxyl groups excluding tert-OH is 1. The van der Waals surface area contributed by atoms with E-state index in [4.69, 9.17) is 4.74 Å². The fraction of sp³-hybridized carbons (Fsp3) is 0.562. The first-order chi connectivity index (χ1) is 9.66. The Morgan fingerprint density at radius 3 is 2.52 bits per heavy atom. The second kappa shape index (κ2) is 6.89. The van der Waals surface area contributed by atoms with Gasteiger partial charge in [-0.1, -0.05) is 6.92 Å². The van der Waals surface area contributed by atoms with E-state index in [0.717, 1.165) is 6.42 Å². The normalized spacial score (nSPS) is 14.4. The van der Waals surface area contributed by atoms with Crippen molar-refractivity contribution in [1.82, 2.24) is 5.32 Å². The molecule has 2 atom stereocenters. The molecule has 1 amide bonds. The summed E-state index contributed by atoms with van der Waals surface area (Å²) in [6, 6.07) is 4.17. The van der Waals surface area contributed by atoms with E-state index in [0.29, 0.717) is 0 Å². The summed E-state index contributed by atoms with van der Waals surface area (Å²) in [5.74, 6) is -0.542. The molecule has 0 aliphatic rings. The maximum atomic E-state index is 13.7. The van der Waals surface area contributed by atoms with Crippen LogP contribution in [0.15, 0.2) is 18.2 Å². The summed E-state index contributed by atoms with van der Waals surface area (Å²) >= 11 is 0. The minimum Gasteiger partial charge on any atom is -0.481 e. The second-order valence-corrected chi connectivity index (χ2v) is 5.85. The molecule has 0 aromatic heterocycles. The highest BCUT2D eigenvalue weighted by molar-refractivity contribution is 5.81. The van der Waals surface area contributed by atoms with Crippen molar-refractivity contribution in [3.63, 3.8) is 0 Å². The van der Waals surface area contributed by atoms with Crippen LogP contribution in [0.2, 0.25) is 0 Å². The van der Waals surface area contributed by atoms with E-state index in [1.54, 1.807) is 13.0 Å². The number of carbonyl (C=O) groups is 1. The van der Waals surface area contributed by atoms with Crippen LogP contribution in [0.4, 0.5) is 4.39 Å². The Balaban J connectivity index is 2.73. The first-order valence-electron chi connectivity index (χ1n) is 7.12. The summed E-state index contributed by atoms with van der Waals surface area (Å²) in [7, 11) is 0. The number of carbonyl (C=O) groups excluding carboxylic acids is 1. The molecule has 1 aromatic carbocycles. The third kappa shape index (κ3) is 5.01. The molecule has 0 spiro atoms. The Morgan fingerprint density at radius 1 is 1.43 bits per heavy atom. The Hall–Kier alpha value is -1.62. The third-order valence-electron chi connectivity index (χ3n) is 3.45. The monoisotopic (exact) mass is 297 g/mol. The molecule has 0 bridgehead atoms. The molecule has 1 unspecified atom stereocenters. The Kier molecular flexibility index (Phi) is 5.72. The minimum absolute atomic E-state index is 0.201. The lowest BCUT2D eigenvalue weighted by Gasteiger charge is -2.26. The maximum absolute atomic E-state index is 13.7. The van der Waals surface area contributed by atoms with Gasteiger partial charge in [-0.25, -0.2) is 4.39 Å². The average molecular weight is 297 g/mol. The molecule has 2 N–H and O–H groups in total. The molecule has 1 aromatic rings. The summed E-state index contributed by atoms with van der Waals surface area (Å²) in [6.07, 6.45) is -0.818. The minimum atomic E-state index is -0.884. The van der Waals surface area contributed by atoms with E-state index in [9.17, 15) is 14.3 Å². The zero-order valence-corrected chi connectivity index (χ0v) is 13.2. The predicted octanol–water partition coefficient (Wildman–Crippen LogP) is 2.95. The quantitative estimate of drug-likeness (QED) is 0.848. The number of halogens is 1. The molecule has 0 saturated heterocycles. The van der Waals surface area contributed by atoms with Crippen LogP contribution < -0.4 is 10.1 Å². The van der Waals surface area contributed by atoms with Crippen LogP contribution >= 0.6 is 0 Å². The fourth-order valence-corrected chi connectivity index (χ4v) is 1.70. The summed E-state index contributed by atoms with van der Waals surface area (Å²) in [6.45, 7) is 8.93. The summed E-state index contributed by atoms with van der Waals surface area (Å²) < 4.78 is 19.2. The van der Waals surface area contributed by atoms with E-state index < -0.39 is 18.0 Å². The summed E-state index contributed by atoms with van der Waals surface area (Å²) in [5, 5.41) is 12.2. The van der Waals surface area contributed by atoms with Crippen molar-refractivity contribution in [1.29, 1.82) is 0 Å². The third-order valence-corrected chi connectivity index (χ3v) is 3.45. The molecular weight excluding hydrogens is 273 g/mol. The van der Waals surface area contributed by atoms with Crippen molar-refractivity contribution in [2.45, 2.75) is 58.8 Å². The van der Waals surface area contributed by atoms with Crippen LogP contribution in [-0.4, -0.2) is 22.7 Å². The molecule has 118 valence electrons. The van der Waals surface area contributed by atoms with Gasteiger partial charge in [0, 0.05) is 17.2 Å². The maximum Gasteiger partial charge on any atom is 0.261 e. The average Bonchev–Trinajstić information content (AvgIpc) is 2.37. The van der Waals surface area contributed by atoms with E-state index in [-0.39, 0.29) is 22.8 Å². The molecule has 1 rings (SSSR count). The predicted molar refractivity (Wildman–Crippen MR) is 79.6 cm³/mol. The highest BCUT2D eigenvalue weighted by Crippen LogP contribution is 2.22. The van der Waals surface area contributed by atoms with Gasteiger partial charge < -0.3 is 15.2 Å². The van der Waals surface area contributed by atoms with Crippen LogP contribution in [0.5, 0.6) is 5.75 Å². The number of nitrogens with one attached hydrogen (secondary N) is 1. The number of hydrogen-bond acceptors (Lipinski definition) is 3. The number of benzene rings is 1. The van der Waals surface area contributed by atoms with Crippen molar-refractivity contribution in [2.24, 2.45) is 0 Å². The lowest BCUT2D eigenvalue weighted by atomic mass is 10.0. The highest BCUT2D eigenvalue weighted by atomic mass is 19.1. The van der Waals surface area contributed by atoms with Gasteiger partial charge in [-0.2, -0.15) is 0 Å². The molecular formula is C16H24FNO3. The van der Waals surface area contributed by atoms with Gasteiger partial charge >= 0.3 is 0 Å². The van der Waals surface area contributed by atoms with Gasteiger partial charge in [0.15, 0.2) is 6.10 Å². The Bertz CT molecular complexity index is 500. The Morgan fingerprint density at radius 2 is 2.05 bits per heavy atom. The van der Waals surface area contributed by atoms with Crippen molar-refractivity contribution >= 4 is 5.91 Å². The largest absolute Gasteiger partial charge is 0.481 e. The standard InChI is InChI=1S/C16H24FNO3/c1-6-16(4,5)18-15(20)11(3)21-12-7-8-13(10(2)19)14(17)9-12/h7-11,19H,6H2,1-5H3,(H,18,20)/t10-,11?/m1/s1. The van der Waals surface area contributed by atoms with E-state index in [2.05, 4.69) is 5.32 Å². The van der Waals surface area contributed by atoms with E-state index in [1.165, 1.54) is 19.1 Å². The number of aliphatic hydroxyl groups is 1. The molecule has 0 heterocycles. The number of ether oxygens (including phenoxy) is 1. The first-order valence-corrected chi connectivity index (χ1v) is 7.12. The van der Waals surface area contributed by atoms with Crippen molar-refractivity contribution in [3.05, 3.63) is 29.6 Å². The smallest absolute Gasteiger partial charge is 0.261 e. The SMILES string of the molecule is CCC(C)(C)NC(=O)C(C)Oc1ccc([C@@H](C)O)c(F)c1. The molecule has 21 heavy (non-hydrogen) atoms. The Labute approximate surface area is 125 Å². The van der Waals surface area contributed by atoms with Gasteiger partial charge in [-0.05, 0) is 46.2 Å². The van der Waals surface area contributed by atoms with Gasteiger partial charge in [0.25, 0.3) is 5.91 Å². The van der Waals surface area contributed by atoms with Gasteiger partial charge in [0.2, 0.25) is 0 Å². The van der Waals surface area contributed by atoms with Crippen molar-refractivity contribution in [3.8, 4) is 5.75 Å². The second-order valence-electron chi connectivity index (χ2n) is 5.85. The van der Waals surface area contributed by atoms with E-state index in [1.807, 2.05) is 20.8 Å². The van der Waals surface area contributed by atoms with E-state index >= 15 is 0 Å². The number of amides is 1. The molecule has 0 aliphatic heterocycles. The molecule has 0 saturated carbocycles. The molecule has 0 aliphatic carbocycles. The number of rotatable bonds is 6. The van der Waals surface area contributed by atoms with Crippen LogP contribution in [0, 0.1) is 5.82 Å². The van der Waals surface area contributed by atoms with Gasteiger partial charge in [0.1, 0.15) is 11.6 Å². The van der Waals surface area contributed by atoms with Gasteiger partial charge in [-0.15, -0.1) is 0 Å². The lowest BCUT2D eigenvalue weighted by Crippen LogP contribution is -2.48. The highest BCUT2D eigenvalue weighted by Gasteiger charge is 2.23. The molecule has 0 radical (unpaired) electrons. The zero-order valence-electron chi connectivity index (χ0n) is 13.2. The zero-order chi connectivity index (χ0) is 16.2. The van der Waals surface area contributed by atoms with Crippen molar-refractivity contribution in [2.75, 3.05) is 0 Å². The summed E-state index contributed by atoms with van der Waals surface area (Å²) in [5.41, 5.74) is -0.109. The number of hydrogen-bond donors (Lipinski definition) is 2. The molecule has 5 heteroatoms. The van der Waals surface area contributed by atoms with Crippen LogP contribution in [0.25, 0.3) is 0 Å². The fourth-order valence-electron chi connectivity index (χ4n) is 1.70. The topological polar surface area (TPSA) is 58.6 Å². The van der Waals surface area contributed by atoms with Crippen molar-refractivity contribution < 1.29 is 19.0 Å². The molecule has 4 nitrogen and oxygen atoms in total. The molecule has 0 fully saturated rings.